The Kier molecular flexibility index (Phi) is 4.40. The van der Waals surface area contributed by atoms with Crippen LogP contribution in [0.3, 0.4) is 0 Å². The molecule has 2 aromatic rings. The van der Waals surface area contributed by atoms with Gasteiger partial charge < -0.3 is 9.84 Å². The monoisotopic (exact) mass is 280 g/mol. The zero-order chi connectivity index (χ0) is 13.8. The van der Waals surface area contributed by atoms with E-state index in [0.29, 0.717) is 17.7 Å². The predicted molar refractivity (Wildman–Crippen MR) is 73.2 cm³/mol. The van der Waals surface area contributed by atoms with Crippen molar-refractivity contribution < 1.29 is 14.2 Å². The van der Waals surface area contributed by atoms with Crippen LogP contribution in [0.4, 0.5) is 4.39 Å². The van der Waals surface area contributed by atoms with Gasteiger partial charge in [-0.25, -0.2) is 4.39 Å². The minimum Gasteiger partial charge on any atom is -0.454 e. The summed E-state index contributed by atoms with van der Waals surface area (Å²) in [7, 11) is 0. The number of benzene rings is 2. The third kappa shape index (κ3) is 3.06. The number of aliphatic hydroxyl groups excluding tert-OH is 1. The van der Waals surface area contributed by atoms with Crippen molar-refractivity contribution in [2.24, 2.45) is 0 Å². The molecule has 0 saturated carbocycles. The van der Waals surface area contributed by atoms with Gasteiger partial charge in [-0.3, -0.25) is 0 Å². The Labute approximate surface area is 116 Å². The third-order valence-electron chi connectivity index (χ3n) is 2.80. The van der Waals surface area contributed by atoms with E-state index in [-0.39, 0.29) is 10.8 Å². The molecule has 2 aromatic carbocycles. The first kappa shape index (κ1) is 13.8. The fraction of sp³-hybridized carbons (Fsp3) is 0.200. The highest BCUT2D eigenvalue weighted by Crippen LogP contribution is 2.33. The zero-order valence-electron chi connectivity index (χ0n) is 10.4. The average molecular weight is 281 g/mol. The first-order chi connectivity index (χ1) is 9.13. The van der Waals surface area contributed by atoms with Gasteiger partial charge in [0.05, 0.1) is 11.1 Å². The number of ether oxygens (including phenoxy) is 1. The Bertz CT molecular complexity index is 572. The van der Waals surface area contributed by atoms with Gasteiger partial charge in [-0.05, 0) is 24.6 Å². The second kappa shape index (κ2) is 6.04. The molecule has 0 aliphatic heterocycles. The number of aliphatic hydroxyl groups is 1. The first-order valence-electron chi connectivity index (χ1n) is 6.02. The molecule has 1 N–H and O–H groups in total. The molecule has 100 valence electrons. The van der Waals surface area contributed by atoms with Gasteiger partial charge >= 0.3 is 0 Å². The maximum atomic E-state index is 13.8. The summed E-state index contributed by atoms with van der Waals surface area (Å²) in [6, 6.07) is 11.6. The molecular weight excluding hydrogens is 267 g/mol. The molecule has 0 bridgehead atoms. The molecule has 0 fully saturated rings. The molecule has 0 saturated heterocycles. The first-order valence-corrected chi connectivity index (χ1v) is 6.40. The topological polar surface area (TPSA) is 29.5 Å². The lowest BCUT2D eigenvalue weighted by atomic mass is 10.1. The van der Waals surface area contributed by atoms with Crippen LogP contribution < -0.4 is 4.74 Å². The summed E-state index contributed by atoms with van der Waals surface area (Å²) in [4.78, 5) is 0. The van der Waals surface area contributed by atoms with E-state index in [9.17, 15) is 9.50 Å². The lowest BCUT2D eigenvalue weighted by molar-refractivity contribution is 0.170. The summed E-state index contributed by atoms with van der Waals surface area (Å²) < 4.78 is 19.3. The molecular formula is C15H14ClFO2. The highest BCUT2D eigenvalue weighted by Gasteiger charge is 2.14. The summed E-state index contributed by atoms with van der Waals surface area (Å²) in [5.74, 6) is -0.133. The minimum atomic E-state index is -0.640. The maximum Gasteiger partial charge on any atom is 0.184 e. The summed E-state index contributed by atoms with van der Waals surface area (Å²) in [5, 5.41) is 9.92. The van der Waals surface area contributed by atoms with Crippen molar-refractivity contribution in [3.63, 3.8) is 0 Å². The van der Waals surface area contributed by atoms with Crippen LogP contribution in [-0.2, 0) is 0 Å². The van der Waals surface area contributed by atoms with Gasteiger partial charge in [-0.15, -0.1) is 0 Å². The molecule has 4 heteroatoms. The van der Waals surface area contributed by atoms with E-state index in [1.807, 2.05) is 6.92 Å². The maximum absolute atomic E-state index is 13.8. The molecule has 0 spiro atoms. The molecule has 19 heavy (non-hydrogen) atoms. The standard InChI is InChI=1S/C15H14ClFO2/c1-2-12(18)10-6-3-4-8-13(10)19-14-9-5-7-11(16)15(14)17/h3-9,12,18H,2H2,1H3. The number of rotatable bonds is 4. The lowest BCUT2D eigenvalue weighted by Gasteiger charge is -2.15. The SMILES string of the molecule is CCC(O)c1ccccc1Oc1cccc(Cl)c1F. The molecule has 0 amide bonds. The van der Waals surface area contributed by atoms with E-state index in [2.05, 4.69) is 0 Å². The van der Waals surface area contributed by atoms with Crippen LogP contribution in [0.25, 0.3) is 0 Å². The van der Waals surface area contributed by atoms with Crippen molar-refractivity contribution >= 4 is 11.6 Å². The second-order valence-corrected chi connectivity index (χ2v) is 4.52. The Hall–Kier alpha value is -1.58. The van der Waals surface area contributed by atoms with E-state index in [1.165, 1.54) is 12.1 Å². The quantitative estimate of drug-likeness (QED) is 0.878. The Morgan fingerprint density at radius 1 is 1.16 bits per heavy atom. The Morgan fingerprint density at radius 3 is 2.58 bits per heavy atom. The number of para-hydroxylation sites is 1. The Morgan fingerprint density at radius 2 is 1.84 bits per heavy atom. The summed E-state index contributed by atoms with van der Waals surface area (Å²) in [6.07, 6.45) is -0.0864. The van der Waals surface area contributed by atoms with Crippen molar-refractivity contribution in [1.82, 2.24) is 0 Å². The summed E-state index contributed by atoms with van der Waals surface area (Å²) >= 11 is 5.71. The molecule has 0 radical (unpaired) electrons. The second-order valence-electron chi connectivity index (χ2n) is 4.12. The van der Waals surface area contributed by atoms with Gasteiger partial charge in [0.1, 0.15) is 5.75 Å². The smallest absolute Gasteiger partial charge is 0.184 e. The Balaban J connectivity index is 2.36. The molecule has 1 atom stereocenters. The average Bonchev–Trinajstić information content (AvgIpc) is 2.43. The third-order valence-corrected chi connectivity index (χ3v) is 3.09. The van der Waals surface area contributed by atoms with E-state index in [4.69, 9.17) is 16.3 Å². The summed E-state index contributed by atoms with van der Waals surface area (Å²) in [6.45, 7) is 1.86. The van der Waals surface area contributed by atoms with Crippen molar-refractivity contribution in [3.05, 3.63) is 58.9 Å². The normalized spacial score (nSPS) is 12.2. The van der Waals surface area contributed by atoms with Gasteiger partial charge in [0.2, 0.25) is 0 Å². The zero-order valence-corrected chi connectivity index (χ0v) is 11.2. The lowest BCUT2D eigenvalue weighted by Crippen LogP contribution is -1.99. The van der Waals surface area contributed by atoms with Gasteiger partial charge in [-0.2, -0.15) is 0 Å². The molecule has 2 rings (SSSR count). The molecule has 2 nitrogen and oxygen atoms in total. The number of halogens is 2. The molecule has 0 aliphatic rings. The van der Waals surface area contributed by atoms with Crippen molar-refractivity contribution in [2.45, 2.75) is 19.4 Å². The molecule has 0 aromatic heterocycles. The van der Waals surface area contributed by atoms with Gasteiger partial charge in [0.25, 0.3) is 0 Å². The van der Waals surface area contributed by atoms with Crippen LogP contribution >= 0.6 is 11.6 Å². The van der Waals surface area contributed by atoms with Crippen LogP contribution in [0, 0.1) is 5.82 Å². The molecule has 0 heterocycles. The highest BCUT2D eigenvalue weighted by molar-refractivity contribution is 6.30. The van der Waals surface area contributed by atoms with Crippen LogP contribution in [0.15, 0.2) is 42.5 Å². The number of hydrogen-bond acceptors (Lipinski definition) is 2. The highest BCUT2D eigenvalue weighted by atomic mass is 35.5. The minimum absolute atomic E-state index is 0.00558. The predicted octanol–water partition coefficient (Wildman–Crippen LogP) is 4.71. The van der Waals surface area contributed by atoms with Gasteiger partial charge in [0, 0.05) is 5.56 Å². The van der Waals surface area contributed by atoms with Crippen molar-refractivity contribution in [2.75, 3.05) is 0 Å². The van der Waals surface area contributed by atoms with Crippen LogP contribution in [0.2, 0.25) is 5.02 Å². The number of hydrogen-bond donors (Lipinski definition) is 1. The van der Waals surface area contributed by atoms with Crippen LogP contribution in [0.5, 0.6) is 11.5 Å². The molecule has 0 aliphatic carbocycles. The van der Waals surface area contributed by atoms with Crippen molar-refractivity contribution in [3.8, 4) is 11.5 Å². The fourth-order valence-corrected chi connectivity index (χ4v) is 1.92. The fourth-order valence-electron chi connectivity index (χ4n) is 1.75. The van der Waals surface area contributed by atoms with Gasteiger partial charge in [-0.1, -0.05) is 42.8 Å². The van der Waals surface area contributed by atoms with E-state index in [0.717, 1.165) is 0 Å². The van der Waals surface area contributed by atoms with Crippen molar-refractivity contribution in [1.29, 1.82) is 0 Å². The van der Waals surface area contributed by atoms with Crippen LogP contribution in [0.1, 0.15) is 25.0 Å². The van der Waals surface area contributed by atoms with E-state index in [1.54, 1.807) is 30.3 Å². The van der Waals surface area contributed by atoms with Gasteiger partial charge in [0.15, 0.2) is 11.6 Å². The van der Waals surface area contributed by atoms with E-state index >= 15 is 0 Å². The summed E-state index contributed by atoms with van der Waals surface area (Å²) in [5.41, 5.74) is 0.629. The van der Waals surface area contributed by atoms with E-state index < -0.39 is 11.9 Å². The molecule has 1 unspecified atom stereocenters. The largest absolute Gasteiger partial charge is 0.454 e. The van der Waals surface area contributed by atoms with Crippen LogP contribution in [-0.4, -0.2) is 5.11 Å².